The van der Waals surface area contributed by atoms with Crippen LogP contribution in [0.3, 0.4) is 0 Å². The molecule has 0 aliphatic heterocycles. The molecule has 0 fully saturated rings. The van der Waals surface area contributed by atoms with Crippen LogP contribution in [-0.4, -0.2) is 10.9 Å². The number of pyridine rings is 1. The van der Waals surface area contributed by atoms with Crippen LogP contribution in [0.5, 0.6) is 0 Å². The Morgan fingerprint density at radius 3 is 2.38 bits per heavy atom. The van der Waals surface area contributed by atoms with Gasteiger partial charge in [0.25, 0.3) is 5.91 Å². The summed E-state index contributed by atoms with van der Waals surface area (Å²) in [6, 6.07) is 20.0. The summed E-state index contributed by atoms with van der Waals surface area (Å²) in [5.41, 5.74) is 5.96. The molecule has 0 unspecified atom stereocenters. The fourth-order valence-corrected chi connectivity index (χ4v) is 2.61. The topological polar surface area (TPSA) is 42.0 Å². The van der Waals surface area contributed by atoms with Gasteiger partial charge in [-0.3, -0.25) is 9.78 Å². The average molecular weight is 316 g/mol. The van der Waals surface area contributed by atoms with Crippen LogP contribution in [0.4, 0.5) is 0 Å². The molecule has 0 atom stereocenters. The van der Waals surface area contributed by atoms with Gasteiger partial charge in [0.05, 0.1) is 11.3 Å². The van der Waals surface area contributed by atoms with E-state index in [1.165, 1.54) is 11.1 Å². The van der Waals surface area contributed by atoms with Crippen molar-refractivity contribution >= 4 is 5.91 Å². The molecule has 0 radical (unpaired) electrons. The van der Waals surface area contributed by atoms with Crippen molar-refractivity contribution in [2.75, 3.05) is 0 Å². The summed E-state index contributed by atoms with van der Waals surface area (Å²) in [4.78, 5) is 16.7. The van der Waals surface area contributed by atoms with E-state index in [2.05, 4.69) is 35.4 Å². The number of carbonyl (C=O) groups excluding carboxylic acids is 1. The Bertz CT molecular complexity index is 854. The summed E-state index contributed by atoms with van der Waals surface area (Å²) in [6.45, 7) is 4.61. The van der Waals surface area contributed by atoms with E-state index in [0.29, 0.717) is 12.1 Å². The normalized spacial score (nSPS) is 10.4. The highest BCUT2D eigenvalue weighted by atomic mass is 16.1. The lowest BCUT2D eigenvalue weighted by molar-refractivity contribution is 0.0950. The summed E-state index contributed by atoms with van der Waals surface area (Å²) < 4.78 is 0. The number of nitrogens with zero attached hydrogens (tertiary/aromatic N) is 1. The number of nitrogens with one attached hydrogen (secondary N) is 1. The van der Waals surface area contributed by atoms with Crippen LogP contribution < -0.4 is 5.32 Å². The summed E-state index contributed by atoms with van der Waals surface area (Å²) >= 11 is 0. The first kappa shape index (κ1) is 15.9. The van der Waals surface area contributed by atoms with Gasteiger partial charge in [-0.1, -0.05) is 53.6 Å². The molecule has 3 aromatic rings. The third-order valence-corrected chi connectivity index (χ3v) is 3.88. The van der Waals surface area contributed by atoms with Gasteiger partial charge < -0.3 is 5.32 Å². The lowest BCUT2D eigenvalue weighted by Gasteiger charge is -2.07. The lowest BCUT2D eigenvalue weighted by Crippen LogP contribution is -2.22. The second-order valence-electron chi connectivity index (χ2n) is 5.97. The number of amides is 1. The SMILES string of the molecule is Cc1cccc(CNC(=O)c2ccc(-c3cccc(C)c3)nc2)c1. The smallest absolute Gasteiger partial charge is 0.253 e. The predicted octanol–water partition coefficient (Wildman–Crippen LogP) is 4.30. The van der Waals surface area contributed by atoms with Crippen molar-refractivity contribution in [3.63, 3.8) is 0 Å². The first-order chi connectivity index (χ1) is 11.6. The molecule has 3 rings (SSSR count). The van der Waals surface area contributed by atoms with Crippen LogP contribution in [0, 0.1) is 13.8 Å². The highest BCUT2D eigenvalue weighted by molar-refractivity contribution is 5.94. The van der Waals surface area contributed by atoms with Crippen molar-refractivity contribution in [2.45, 2.75) is 20.4 Å². The molecular weight excluding hydrogens is 296 g/mol. The van der Waals surface area contributed by atoms with E-state index in [1.807, 2.05) is 49.4 Å². The van der Waals surface area contributed by atoms with Crippen molar-refractivity contribution in [1.29, 1.82) is 0 Å². The number of carbonyl (C=O) groups is 1. The molecule has 2 aromatic carbocycles. The third-order valence-electron chi connectivity index (χ3n) is 3.88. The number of benzene rings is 2. The van der Waals surface area contributed by atoms with E-state index >= 15 is 0 Å². The van der Waals surface area contributed by atoms with Crippen molar-refractivity contribution < 1.29 is 4.79 Å². The van der Waals surface area contributed by atoms with E-state index in [9.17, 15) is 4.79 Å². The van der Waals surface area contributed by atoms with Crippen molar-refractivity contribution in [1.82, 2.24) is 10.3 Å². The number of rotatable bonds is 4. The molecule has 0 aliphatic carbocycles. The first-order valence-corrected chi connectivity index (χ1v) is 7.99. The summed E-state index contributed by atoms with van der Waals surface area (Å²) in [5.74, 6) is -0.111. The Morgan fingerprint density at radius 1 is 0.958 bits per heavy atom. The van der Waals surface area contributed by atoms with Crippen molar-refractivity contribution in [2.24, 2.45) is 0 Å². The molecule has 3 heteroatoms. The van der Waals surface area contributed by atoms with Gasteiger partial charge in [0, 0.05) is 18.3 Å². The first-order valence-electron chi connectivity index (χ1n) is 7.99. The summed E-state index contributed by atoms with van der Waals surface area (Å²) in [5, 5.41) is 2.93. The van der Waals surface area contributed by atoms with Gasteiger partial charge in [-0.15, -0.1) is 0 Å². The second kappa shape index (κ2) is 7.09. The molecule has 0 saturated carbocycles. The van der Waals surface area contributed by atoms with Gasteiger partial charge in [0.15, 0.2) is 0 Å². The van der Waals surface area contributed by atoms with E-state index in [4.69, 9.17) is 0 Å². The molecule has 1 heterocycles. The van der Waals surface area contributed by atoms with Gasteiger partial charge in [-0.05, 0) is 37.6 Å². The number of hydrogen-bond acceptors (Lipinski definition) is 2. The van der Waals surface area contributed by atoms with E-state index in [1.54, 1.807) is 6.20 Å². The molecule has 1 N–H and O–H groups in total. The van der Waals surface area contributed by atoms with Crippen LogP contribution in [-0.2, 0) is 6.54 Å². The zero-order chi connectivity index (χ0) is 16.9. The zero-order valence-corrected chi connectivity index (χ0v) is 13.9. The average Bonchev–Trinajstić information content (AvgIpc) is 2.60. The minimum atomic E-state index is -0.111. The molecule has 0 spiro atoms. The molecule has 0 bridgehead atoms. The quantitative estimate of drug-likeness (QED) is 0.780. The second-order valence-corrected chi connectivity index (χ2v) is 5.97. The monoisotopic (exact) mass is 316 g/mol. The maximum absolute atomic E-state index is 12.3. The van der Waals surface area contributed by atoms with Crippen LogP contribution in [0.15, 0.2) is 66.9 Å². The maximum atomic E-state index is 12.3. The van der Waals surface area contributed by atoms with Gasteiger partial charge >= 0.3 is 0 Å². The Kier molecular flexibility index (Phi) is 4.71. The minimum Gasteiger partial charge on any atom is -0.348 e. The predicted molar refractivity (Wildman–Crippen MR) is 96.8 cm³/mol. The maximum Gasteiger partial charge on any atom is 0.253 e. The Hall–Kier alpha value is -2.94. The van der Waals surface area contributed by atoms with Crippen LogP contribution in [0.2, 0.25) is 0 Å². The lowest BCUT2D eigenvalue weighted by atomic mass is 10.1. The summed E-state index contributed by atoms with van der Waals surface area (Å²) in [7, 11) is 0. The minimum absolute atomic E-state index is 0.111. The Morgan fingerprint density at radius 2 is 1.71 bits per heavy atom. The van der Waals surface area contributed by atoms with Crippen molar-refractivity contribution in [3.05, 3.63) is 89.1 Å². The van der Waals surface area contributed by atoms with E-state index < -0.39 is 0 Å². The van der Waals surface area contributed by atoms with Gasteiger partial charge in [-0.2, -0.15) is 0 Å². The molecule has 0 aliphatic rings. The Labute approximate surface area is 142 Å². The molecule has 1 amide bonds. The fraction of sp³-hybridized carbons (Fsp3) is 0.143. The molecule has 120 valence electrons. The molecule has 3 nitrogen and oxygen atoms in total. The zero-order valence-electron chi connectivity index (χ0n) is 13.9. The molecule has 1 aromatic heterocycles. The van der Waals surface area contributed by atoms with Crippen LogP contribution in [0.1, 0.15) is 27.0 Å². The number of aryl methyl sites for hydroxylation is 2. The van der Waals surface area contributed by atoms with Crippen LogP contribution in [0.25, 0.3) is 11.3 Å². The van der Waals surface area contributed by atoms with Crippen molar-refractivity contribution in [3.8, 4) is 11.3 Å². The molecule has 0 saturated heterocycles. The standard InChI is InChI=1S/C21H20N2O/c1-15-5-3-7-17(11-15)13-23-21(24)19-9-10-20(22-14-19)18-8-4-6-16(2)12-18/h3-12,14H,13H2,1-2H3,(H,23,24). The third kappa shape index (κ3) is 3.87. The number of aromatic nitrogens is 1. The van der Waals surface area contributed by atoms with Gasteiger partial charge in [0.2, 0.25) is 0 Å². The van der Waals surface area contributed by atoms with Crippen LogP contribution >= 0.6 is 0 Å². The Balaban J connectivity index is 1.68. The largest absolute Gasteiger partial charge is 0.348 e. The number of hydrogen-bond donors (Lipinski definition) is 1. The molecular formula is C21H20N2O. The summed E-state index contributed by atoms with van der Waals surface area (Å²) in [6.07, 6.45) is 1.63. The van der Waals surface area contributed by atoms with E-state index in [0.717, 1.165) is 16.8 Å². The highest BCUT2D eigenvalue weighted by Gasteiger charge is 2.07. The van der Waals surface area contributed by atoms with Gasteiger partial charge in [0.1, 0.15) is 0 Å². The fourth-order valence-electron chi connectivity index (χ4n) is 2.61. The molecule has 24 heavy (non-hydrogen) atoms. The van der Waals surface area contributed by atoms with Gasteiger partial charge in [-0.25, -0.2) is 0 Å². The highest BCUT2D eigenvalue weighted by Crippen LogP contribution is 2.18. The van der Waals surface area contributed by atoms with E-state index in [-0.39, 0.29) is 5.91 Å².